The number of fused-ring (bicyclic) bond motifs is 1. The average molecular weight is 479 g/mol. The number of carbonyl (C=O) groups is 2. The SMILES string of the molecule is COc1cccc2cc(C(=O)C3=C(O)C(=O)N(c4nc(C)c(C)s4)C3c3ccc(F)cc3)oc12. The van der Waals surface area contributed by atoms with E-state index in [9.17, 15) is 19.1 Å². The number of anilines is 1. The molecule has 1 aliphatic heterocycles. The fourth-order valence-electron chi connectivity index (χ4n) is 4.00. The van der Waals surface area contributed by atoms with E-state index in [4.69, 9.17) is 9.15 Å². The molecule has 0 bridgehead atoms. The Labute approximate surface area is 197 Å². The number of hydrogen-bond donors (Lipinski definition) is 1. The Kier molecular flexibility index (Phi) is 5.21. The third-order valence-corrected chi connectivity index (χ3v) is 6.89. The first-order valence-electron chi connectivity index (χ1n) is 10.4. The monoisotopic (exact) mass is 478 g/mol. The van der Waals surface area contributed by atoms with Gasteiger partial charge >= 0.3 is 0 Å². The molecule has 9 heteroatoms. The number of para-hydroxylation sites is 1. The molecule has 2 aromatic heterocycles. The van der Waals surface area contributed by atoms with Gasteiger partial charge in [0.2, 0.25) is 5.78 Å². The maximum Gasteiger partial charge on any atom is 0.296 e. The van der Waals surface area contributed by atoms with E-state index in [0.29, 0.717) is 27.4 Å². The number of benzene rings is 2. The van der Waals surface area contributed by atoms with E-state index in [1.165, 1.54) is 53.7 Å². The van der Waals surface area contributed by atoms with Gasteiger partial charge in [-0.3, -0.25) is 14.5 Å². The van der Waals surface area contributed by atoms with Gasteiger partial charge in [0.15, 0.2) is 28.0 Å². The second-order valence-corrected chi connectivity index (χ2v) is 9.03. The molecule has 0 spiro atoms. The van der Waals surface area contributed by atoms with E-state index >= 15 is 0 Å². The molecular weight excluding hydrogens is 459 g/mol. The van der Waals surface area contributed by atoms with Crippen LogP contribution in [-0.4, -0.2) is 28.9 Å². The van der Waals surface area contributed by atoms with Gasteiger partial charge < -0.3 is 14.3 Å². The zero-order valence-electron chi connectivity index (χ0n) is 18.5. The first-order chi connectivity index (χ1) is 16.3. The van der Waals surface area contributed by atoms with E-state index < -0.39 is 29.3 Å². The molecular formula is C25H19FN2O5S. The number of furan rings is 1. The lowest BCUT2D eigenvalue weighted by atomic mass is 9.95. The van der Waals surface area contributed by atoms with Crippen molar-refractivity contribution in [3.63, 3.8) is 0 Å². The maximum atomic E-state index is 13.7. The molecule has 172 valence electrons. The Balaban J connectivity index is 1.66. The van der Waals surface area contributed by atoms with E-state index in [-0.39, 0.29) is 11.3 Å². The summed E-state index contributed by atoms with van der Waals surface area (Å²) in [5, 5.41) is 11.8. The van der Waals surface area contributed by atoms with E-state index in [2.05, 4.69) is 4.98 Å². The Morgan fingerprint density at radius 3 is 2.59 bits per heavy atom. The van der Waals surface area contributed by atoms with Crippen LogP contribution in [0.4, 0.5) is 9.52 Å². The summed E-state index contributed by atoms with van der Waals surface area (Å²) in [5.74, 6) is -2.20. The third kappa shape index (κ3) is 3.36. The second-order valence-electron chi connectivity index (χ2n) is 7.85. The standard InChI is InChI=1S/C25H19FN2O5S/c1-12-13(2)34-25(27-12)28-20(14-7-9-16(26)10-8-14)19(22(30)24(28)31)21(29)18-11-15-5-4-6-17(32-3)23(15)33-18/h4-11,20,30H,1-3H3. The Morgan fingerprint density at radius 1 is 1.21 bits per heavy atom. The molecule has 2 aromatic carbocycles. The maximum absolute atomic E-state index is 13.7. The van der Waals surface area contributed by atoms with Gasteiger partial charge in [-0.15, -0.1) is 11.3 Å². The Hall–Kier alpha value is -3.98. The molecule has 0 fully saturated rings. The molecule has 0 aliphatic carbocycles. The number of rotatable bonds is 5. The molecule has 1 aliphatic rings. The fraction of sp³-hybridized carbons (Fsp3) is 0.160. The summed E-state index contributed by atoms with van der Waals surface area (Å²) in [4.78, 5) is 33.5. The van der Waals surface area contributed by atoms with Crippen molar-refractivity contribution in [2.75, 3.05) is 12.0 Å². The topological polar surface area (TPSA) is 92.9 Å². The van der Waals surface area contributed by atoms with Gasteiger partial charge in [-0.05, 0) is 43.7 Å². The lowest BCUT2D eigenvalue weighted by molar-refractivity contribution is -0.117. The molecule has 3 heterocycles. The van der Waals surface area contributed by atoms with Gasteiger partial charge in [0.1, 0.15) is 5.82 Å². The number of aliphatic hydroxyl groups excluding tert-OH is 1. The molecule has 1 N–H and O–H groups in total. The minimum absolute atomic E-state index is 0.0608. The van der Waals surface area contributed by atoms with Crippen molar-refractivity contribution in [1.82, 2.24) is 4.98 Å². The predicted octanol–water partition coefficient (Wildman–Crippen LogP) is 5.44. The normalized spacial score (nSPS) is 16.1. The number of carbonyl (C=O) groups excluding carboxylic acids is 2. The van der Waals surface area contributed by atoms with Gasteiger partial charge in [-0.2, -0.15) is 0 Å². The molecule has 34 heavy (non-hydrogen) atoms. The van der Waals surface area contributed by atoms with Crippen LogP contribution in [0.3, 0.4) is 0 Å². The first kappa shape index (κ1) is 21.8. The lowest BCUT2D eigenvalue weighted by Crippen LogP contribution is -2.31. The molecule has 1 amide bonds. The highest BCUT2D eigenvalue weighted by Gasteiger charge is 2.46. The van der Waals surface area contributed by atoms with Crippen molar-refractivity contribution in [1.29, 1.82) is 0 Å². The molecule has 7 nitrogen and oxygen atoms in total. The number of thiazole rings is 1. The molecule has 4 aromatic rings. The number of ether oxygens (including phenoxy) is 1. The molecule has 1 unspecified atom stereocenters. The molecule has 0 saturated heterocycles. The lowest BCUT2D eigenvalue weighted by Gasteiger charge is -2.24. The quantitative estimate of drug-likeness (QED) is 0.384. The summed E-state index contributed by atoms with van der Waals surface area (Å²) in [6.07, 6.45) is 0. The summed E-state index contributed by atoms with van der Waals surface area (Å²) < 4.78 is 24.8. The Bertz CT molecular complexity index is 1470. The summed E-state index contributed by atoms with van der Waals surface area (Å²) in [6, 6.07) is 11.2. The summed E-state index contributed by atoms with van der Waals surface area (Å²) in [6.45, 7) is 3.68. The van der Waals surface area contributed by atoms with Crippen molar-refractivity contribution in [2.45, 2.75) is 19.9 Å². The van der Waals surface area contributed by atoms with Gasteiger partial charge in [0.05, 0.1) is 24.4 Å². The van der Waals surface area contributed by atoms with Crippen molar-refractivity contribution < 1.29 is 28.2 Å². The highest BCUT2D eigenvalue weighted by Crippen LogP contribution is 2.44. The Morgan fingerprint density at radius 2 is 1.94 bits per heavy atom. The smallest absolute Gasteiger partial charge is 0.296 e. The van der Waals surface area contributed by atoms with Crippen molar-refractivity contribution in [3.05, 3.63) is 87.6 Å². The zero-order valence-corrected chi connectivity index (χ0v) is 19.3. The van der Waals surface area contributed by atoms with Gasteiger partial charge in [0.25, 0.3) is 5.91 Å². The number of Topliss-reactive ketones (excluding diaryl/α,β-unsaturated/α-hetero) is 1. The van der Waals surface area contributed by atoms with Crippen LogP contribution in [0.1, 0.15) is 32.7 Å². The summed E-state index contributed by atoms with van der Waals surface area (Å²) in [5.41, 5.74) is 1.38. The molecule has 1 atom stereocenters. The number of nitrogens with zero attached hydrogens (tertiary/aromatic N) is 2. The average Bonchev–Trinajstić information content (AvgIpc) is 3.48. The van der Waals surface area contributed by atoms with Gasteiger partial charge in [-0.1, -0.05) is 24.3 Å². The second kappa shape index (κ2) is 8.11. The summed E-state index contributed by atoms with van der Waals surface area (Å²) >= 11 is 1.27. The number of halogens is 1. The molecule has 5 rings (SSSR count). The van der Waals surface area contributed by atoms with E-state index in [1.807, 2.05) is 13.8 Å². The van der Waals surface area contributed by atoms with Crippen LogP contribution in [0.15, 0.2) is 64.3 Å². The van der Waals surface area contributed by atoms with Gasteiger partial charge in [0, 0.05) is 10.3 Å². The summed E-state index contributed by atoms with van der Waals surface area (Å²) in [7, 11) is 1.49. The van der Waals surface area contributed by atoms with Gasteiger partial charge in [-0.25, -0.2) is 9.37 Å². The largest absolute Gasteiger partial charge is 0.503 e. The molecule has 0 radical (unpaired) electrons. The number of aromatic nitrogens is 1. The van der Waals surface area contributed by atoms with Crippen LogP contribution in [0.25, 0.3) is 11.0 Å². The minimum Gasteiger partial charge on any atom is -0.503 e. The van der Waals surface area contributed by atoms with Crippen LogP contribution in [0, 0.1) is 19.7 Å². The zero-order chi connectivity index (χ0) is 24.1. The van der Waals surface area contributed by atoms with E-state index in [1.54, 1.807) is 18.2 Å². The van der Waals surface area contributed by atoms with Crippen LogP contribution in [0.2, 0.25) is 0 Å². The number of aliphatic hydroxyl groups is 1. The molecule has 0 saturated carbocycles. The van der Waals surface area contributed by atoms with Crippen LogP contribution in [0.5, 0.6) is 5.75 Å². The third-order valence-electron chi connectivity index (χ3n) is 5.81. The number of ketones is 1. The number of methoxy groups -OCH3 is 1. The number of aryl methyl sites for hydroxylation is 2. The van der Waals surface area contributed by atoms with Crippen molar-refractivity contribution in [3.8, 4) is 5.75 Å². The first-order valence-corrected chi connectivity index (χ1v) is 11.2. The van der Waals surface area contributed by atoms with Crippen LogP contribution < -0.4 is 9.64 Å². The minimum atomic E-state index is -1.01. The van der Waals surface area contributed by atoms with Crippen molar-refractivity contribution in [2.24, 2.45) is 0 Å². The fourth-order valence-corrected chi connectivity index (χ4v) is 4.93. The number of amides is 1. The number of hydrogen-bond acceptors (Lipinski definition) is 7. The predicted molar refractivity (Wildman–Crippen MR) is 125 cm³/mol. The highest BCUT2D eigenvalue weighted by atomic mass is 32.1. The van der Waals surface area contributed by atoms with E-state index in [0.717, 1.165) is 10.6 Å². The highest BCUT2D eigenvalue weighted by molar-refractivity contribution is 7.15. The van der Waals surface area contributed by atoms with Crippen LogP contribution in [-0.2, 0) is 4.79 Å². The van der Waals surface area contributed by atoms with Crippen molar-refractivity contribution >= 4 is 39.1 Å². The van der Waals surface area contributed by atoms with Crippen LogP contribution >= 0.6 is 11.3 Å².